The van der Waals surface area contributed by atoms with Crippen molar-refractivity contribution in [2.45, 2.75) is 76.6 Å². The van der Waals surface area contributed by atoms with E-state index in [2.05, 4.69) is 17.6 Å². The predicted molar refractivity (Wildman–Crippen MR) is 93.1 cm³/mol. The molecule has 9 heteroatoms. The van der Waals surface area contributed by atoms with E-state index in [0.29, 0.717) is 25.8 Å². The third-order valence-corrected chi connectivity index (χ3v) is 4.18. The van der Waals surface area contributed by atoms with E-state index in [1.807, 2.05) is 0 Å². The molecule has 0 saturated carbocycles. The van der Waals surface area contributed by atoms with Gasteiger partial charge in [0.15, 0.2) is 6.29 Å². The fraction of sp³-hybridized carbons (Fsp3) is 0.882. The summed E-state index contributed by atoms with van der Waals surface area (Å²) in [4.78, 5) is 22.9. The molecule has 2 amide bonds. The highest BCUT2D eigenvalue weighted by Gasteiger charge is 2.45. The van der Waals surface area contributed by atoms with Gasteiger partial charge in [0.05, 0.1) is 6.61 Å². The summed E-state index contributed by atoms with van der Waals surface area (Å²) in [5.74, 6) is -0.396. The van der Waals surface area contributed by atoms with Gasteiger partial charge in [-0.3, -0.25) is 9.59 Å². The van der Waals surface area contributed by atoms with Crippen molar-refractivity contribution in [2.24, 2.45) is 0 Å². The molecule has 1 rings (SSSR count). The summed E-state index contributed by atoms with van der Waals surface area (Å²) in [5.41, 5.74) is 0. The highest BCUT2D eigenvalue weighted by Crippen LogP contribution is 2.22. The number of aliphatic hydroxyl groups excluding tert-OH is 3. The minimum absolute atomic E-state index is 0.00220. The number of rotatable bonds is 11. The van der Waals surface area contributed by atoms with Crippen LogP contribution in [0.4, 0.5) is 0 Å². The molecule has 0 spiro atoms. The van der Waals surface area contributed by atoms with Crippen molar-refractivity contribution in [3.63, 3.8) is 0 Å². The maximum atomic E-state index is 11.6. The Labute approximate surface area is 154 Å². The van der Waals surface area contributed by atoms with E-state index in [1.165, 1.54) is 6.92 Å². The lowest BCUT2D eigenvalue weighted by molar-refractivity contribution is -0.270. The van der Waals surface area contributed by atoms with Gasteiger partial charge in [-0.25, -0.2) is 0 Å². The summed E-state index contributed by atoms with van der Waals surface area (Å²) in [7, 11) is 0. The van der Waals surface area contributed by atoms with E-state index in [4.69, 9.17) is 9.47 Å². The van der Waals surface area contributed by atoms with Gasteiger partial charge in [-0.05, 0) is 19.3 Å². The van der Waals surface area contributed by atoms with Crippen LogP contribution >= 0.6 is 0 Å². The standard InChI is InChI=1S/C17H32N2O7/c1-3-4-8-18-13(22)7-5-6-9-25-17-14(19-11(2)21)16(24)15(23)12(10-20)26-17/h12,14-17,20,23-24H,3-10H2,1-2H3,(H,18,22)(H,19,21)/t12?,14?,15-,16?,17+/m0/s1. The minimum atomic E-state index is -1.33. The molecule has 3 unspecified atom stereocenters. The lowest BCUT2D eigenvalue weighted by Gasteiger charge is -2.42. The normalized spacial score (nSPS) is 28.6. The van der Waals surface area contributed by atoms with Gasteiger partial charge in [0.25, 0.3) is 0 Å². The van der Waals surface area contributed by atoms with Crippen LogP contribution in [0.25, 0.3) is 0 Å². The van der Waals surface area contributed by atoms with Gasteiger partial charge < -0.3 is 35.4 Å². The molecule has 0 bridgehead atoms. The molecule has 1 heterocycles. The Bertz CT molecular complexity index is 435. The van der Waals surface area contributed by atoms with Crippen molar-refractivity contribution >= 4 is 11.8 Å². The molecule has 9 nitrogen and oxygen atoms in total. The molecule has 0 aromatic carbocycles. The molecule has 5 N–H and O–H groups in total. The second-order valence-corrected chi connectivity index (χ2v) is 6.46. The molecule has 0 aliphatic carbocycles. The van der Waals surface area contributed by atoms with Crippen LogP contribution in [-0.4, -0.2) is 77.5 Å². The quantitative estimate of drug-likeness (QED) is 0.293. The lowest BCUT2D eigenvalue weighted by Crippen LogP contribution is -2.64. The molecule has 1 aliphatic rings. The number of hydrogen-bond donors (Lipinski definition) is 5. The number of aliphatic hydroxyl groups is 3. The van der Waals surface area contributed by atoms with Gasteiger partial charge in [0.1, 0.15) is 24.4 Å². The first kappa shape index (κ1) is 22.8. The predicted octanol–water partition coefficient (Wildman–Crippen LogP) is -0.967. The van der Waals surface area contributed by atoms with Gasteiger partial charge in [-0.15, -0.1) is 0 Å². The van der Waals surface area contributed by atoms with Crippen molar-refractivity contribution in [3.05, 3.63) is 0 Å². The number of unbranched alkanes of at least 4 members (excludes halogenated alkanes) is 2. The van der Waals surface area contributed by atoms with Gasteiger partial charge in [-0.2, -0.15) is 0 Å². The largest absolute Gasteiger partial charge is 0.394 e. The fourth-order valence-electron chi connectivity index (χ4n) is 2.69. The highest BCUT2D eigenvalue weighted by molar-refractivity contribution is 5.75. The third kappa shape index (κ3) is 7.55. The Balaban J connectivity index is 2.39. The zero-order chi connectivity index (χ0) is 19.5. The van der Waals surface area contributed by atoms with E-state index in [9.17, 15) is 24.9 Å². The number of ether oxygens (including phenoxy) is 2. The second-order valence-electron chi connectivity index (χ2n) is 6.46. The summed E-state index contributed by atoms with van der Waals surface area (Å²) >= 11 is 0. The number of amides is 2. The lowest BCUT2D eigenvalue weighted by atomic mass is 9.97. The van der Waals surface area contributed by atoms with Gasteiger partial charge in [-0.1, -0.05) is 13.3 Å². The SMILES string of the molecule is CCCCNC(=O)CCCCO[C@@H]1OC(CO)[C@H](O)C(O)C1NC(C)=O. The van der Waals surface area contributed by atoms with Crippen LogP contribution in [0.3, 0.4) is 0 Å². The van der Waals surface area contributed by atoms with E-state index in [1.54, 1.807) is 0 Å². The van der Waals surface area contributed by atoms with Crippen molar-refractivity contribution in [3.8, 4) is 0 Å². The Kier molecular flexibility index (Phi) is 10.7. The maximum absolute atomic E-state index is 11.6. The minimum Gasteiger partial charge on any atom is -0.394 e. The van der Waals surface area contributed by atoms with Crippen LogP contribution in [0.5, 0.6) is 0 Å². The summed E-state index contributed by atoms with van der Waals surface area (Å²) in [5, 5.41) is 34.6. The molecular formula is C17H32N2O7. The van der Waals surface area contributed by atoms with Crippen LogP contribution in [0.2, 0.25) is 0 Å². The first-order valence-corrected chi connectivity index (χ1v) is 9.18. The van der Waals surface area contributed by atoms with E-state index >= 15 is 0 Å². The average Bonchev–Trinajstić information content (AvgIpc) is 2.60. The second kappa shape index (κ2) is 12.2. The van der Waals surface area contributed by atoms with Gasteiger partial charge in [0.2, 0.25) is 11.8 Å². The molecule has 1 saturated heterocycles. The first-order valence-electron chi connectivity index (χ1n) is 9.18. The van der Waals surface area contributed by atoms with E-state index in [-0.39, 0.29) is 12.5 Å². The zero-order valence-corrected chi connectivity index (χ0v) is 15.5. The number of hydrogen-bond acceptors (Lipinski definition) is 7. The molecular weight excluding hydrogens is 344 g/mol. The Morgan fingerprint density at radius 3 is 2.50 bits per heavy atom. The van der Waals surface area contributed by atoms with Crippen molar-refractivity contribution in [1.29, 1.82) is 0 Å². The Morgan fingerprint density at radius 2 is 1.88 bits per heavy atom. The van der Waals surface area contributed by atoms with Crippen LogP contribution in [-0.2, 0) is 19.1 Å². The number of carbonyl (C=O) groups excluding carboxylic acids is 2. The van der Waals surface area contributed by atoms with Crippen molar-refractivity contribution in [1.82, 2.24) is 10.6 Å². The highest BCUT2D eigenvalue weighted by atomic mass is 16.7. The fourth-order valence-corrected chi connectivity index (χ4v) is 2.69. The molecule has 0 radical (unpaired) electrons. The first-order chi connectivity index (χ1) is 12.4. The van der Waals surface area contributed by atoms with Gasteiger partial charge >= 0.3 is 0 Å². The molecule has 1 aliphatic heterocycles. The van der Waals surface area contributed by atoms with Crippen molar-refractivity contribution < 1.29 is 34.4 Å². The van der Waals surface area contributed by atoms with E-state index in [0.717, 1.165) is 12.8 Å². The summed E-state index contributed by atoms with van der Waals surface area (Å²) < 4.78 is 11.0. The van der Waals surface area contributed by atoms with Crippen molar-refractivity contribution in [2.75, 3.05) is 19.8 Å². The van der Waals surface area contributed by atoms with E-state index < -0.39 is 43.2 Å². The van der Waals surface area contributed by atoms with Crippen LogP contribution < -0.4 is 10.6 Å². The topological polar surface area (TPSA) is 137 Å². The molecule has 0 aromatic heterocycles. The monoisotopic (exact) mass is 376 g/mol. The smallest absolute Gasteiger partial charge is 0.219 e. The molecule has 5 atom stereocenters. The third-order valence-electron chi connectivity index (χ3n) is 4.18. The Hall–Kier alpha value is -1.26. The molecule has 152 valence electrons. The number of carbonyl (C=O) groups is 2. The van der Waals surface area contributed by atoms with Crippen LogP contribution in [0.1, 0.15) is 46.0 Å². The number of nitrogens with one attached hydrogen (secondary N) is 2. The molecule has 0 aromatic rings. The Morgan fingerprint density at radius 1 is 1.15 bits per heavy atom. The van der Waals surface area contributed by atoms with Gasteiger partial charge in [0, 0.05) is 26.5 Å². The zero-order valence-electron chi connectivity index (χ0n) is 15.5. The van der Waals surface area contributed by atoms with Crippen LogP contribution in [0, 0.1) is 0 Å². The van der Waals surface area contributed by atoms with Crippen LogP contribution in [0.15, 0.2) is 0 Å². The molecule has 26 heavy (non-hydrogen) atoms. The summed E-state index contributed by atoms with van der Waals surface area (Å²) in [6.07, 6.45) is -1.03. The summed E-state index contributed by atoms with van der Waals surface area (Å²) in [6.45, 7) is 3.80. The average molecular weight is 376 g/mol. The summed E-state index contributed by atoms with van der Waals surface area (Å²) in [6, 6.07) is -0.942. The molecule has 1 fully saturated rings. The maximum Gasteiger partial charge on any atom is 0.219 e.